The number of carboxylic acid groups (broad SMARTS) is 1. The molecule has 0 bridgehead atoms. The van der Waals surface area contributed by atoms with Crippen molar-refractivity contribution < 1.29 is 14.7 Å². The molecule has 0 radical (unpaired) electrons. The molecule has 0 aromatic heterocycles. The standard InChI is InChI=1S/C20H39NO3S/c1-15(2)8-6-9-16(3)10-7-11-17(4)12-13-25-14-19(20(23)24)21-18(5)22/h15-17,19H,6-14H2,1-5H3,(H,21,22)(H,23,24)/t16?,17?,19-/m0/s1. The van der Waals surface area contributed by atoms with E-state index in [4.69, 9.17) is 5.11 Å². The number of amides is 1. The van der Waals surface area contributed by atoms with Crippen LogP contribution in [-0.4, -0.2) is 34.5 Å². The molecule has 0 heterocycles. The first kappa shape index (κ1) is 24.3. The van der Waals surface area contributed by atoms with Crippen LogP contribution in [0, 0.1) is 17.8 Å². The third-order valence-electron chi connectivity index (χ3n) is 4.59. The highest BCUT2D eigenvalue weighted by molar-refractivity contribution is 7.99. The van der Waals surface area contributed by atoms with Gasteiger partial charge in [-0.25, -0.2) is 4.79 Å². The van der Waals surface area contributed by atoms with Crippen LogP contribution < -0.4 is 5.32 Å². The van der Waals surface area contributed by atoms with E-state index in [1.165, 1.54) is 45.4 Å². The highest BCUT2D eigenvalue weighted by Gasteiger charge is 2.18. The third kappa shape index (κ3) is 15.3. The molecule has 3 atom stereocenters. The first-order chi connectivity index (χ1) is 11.7. The molecule has 0 fully saturated rings. The molecular formula is C20H39NO3S. The third-order valence-corrected chi connectivity index (χ3v) is 5.68. The Balaban J connectivity index is 3.71. The summed E-state index contributed by atoms with van der Waals surface area (Å²) in [5, 5.41) is 11.5. The quantitative estimate of drug-likeness (QED) is 0.398. The van der Waals surface area contributed by atoms with Gasteiger partial charge in [-0.2, -0.15) is 11.8 Å². The van der Waals surface area contributed by atoms with Crippen LogP contribution in [0.15, 0.2) is 0 Å². The molecule has 0 aromatic carbocycles. The summed E-state index contributed by atoms with van der Waals surface area (Å²) >= 11 is 1.62. The first-order valence-corrected chi connectivity index (χ1v) is 11.0. The number of nitrogens with one attached hydrogen (secondary N) is 1. The zero-order valence-electron chi connectivity index (χ0n) is 16.8. The number of carbonyl (C=O) groups excluding carboxylic acids is 1. The molecule has 0 saturated carbocycles. The zero-order valence-corrected chi connectivity index (χ0v) is 17.7. The summed E-state index contributed by atoms with van der Waals surface area (Å²) in [5.74, 6) is 2.47. The van der Waals surface area contributed by atoms with Crippen molar-refractivity contribution >= 4 is 23.6 Å². The maximum Gasteiger partial charge on any atom is 0.327 e. The van der Waals surface area contributed by atoms with Gasteiger partial charge in [-0.3, -0.25) is 4.79 Å². The van der Waals surface area contributed by atoms with Gasteiger partial charge < -0.3 is 10.4 Å². The van der Waals surface area contributed by atoms with Crippen molar-refractivity contribution in [1.29, 1.82) is 0 Å². The Labute approximate surface area is 158 Å². The van der Waals surface area contributed by atoms with Crippen LogP contribution in [0.5, 0.6) is 0 Å². The summed E-state index contributed by atoms with van der Waals surface area (Å²) in [6, 6.07) is -0.774. The van der Waals surface area contributed by atoms with E-state index < -0.39 is 12.0 Å². The fraction of sp³-hybridized carbons (Fsp3) is 0.900. The van der Waals surface area contributed by atoms with Gasteiger partial charge in [-0.15, -0.1) is 0 Å². The van der Waals surface area contributed by atoms with Gasteiger partial charge in [-0.05, 0) is 29.9 Å². The van der Waals surface area contributed by atoms with Crippen LogP contribution in [0.2, 0.25) is 0 Å². The summed E-state index contributed by atoms with van der Waals surface area (Å²) in [4.78, 5) is 22.0. The SMILES string of the molecule is CC(=O)N[C@@H](CSCCC(C)CCCC(C)CCCC(C)C)C(=O)O. The molecule has 25 heavy (non-hydrogen) atoms. The second kappa shape index (κ2) is 14.5. The lowest BCUT2D eigenvalue weighted by Crippen LogP contribution is -2.41. The molecule has 0 aliphatic heterocycles. The topological polar surface area (TPSA) is 66.4 Å². The van der Waals surface area contributed by atoms with E-state index >= 15 is 0 Å². The fourth-order valence-electron chi connectivity index (χ4n) is 2.88. The van der Waals surface area contributed by atoms with E-state index in [2.05, 4.69) is 33.0 Å². The predicted molar refractivity (Wildman–Crippen MR) is 108 cm³/mol. The van der Waals surface area contributed by atoms with E-state index in [-0.39, 0.29) is 5.91 Å². The van der Waals surface area contributed by atoms with E-state index in [1.807, 2.05) is 0 Å². The summed E-state index contributed by atoms with van der Waals surface area (Å²) < 4.78 is 0. The van der Waals surface area contributed by atoms with Crippen LogP contribution >= 0.6 is 11.8 Å². The largest absolute Gasteiger partial charge is 0.480 e. The minimum atomic E-state index is -0.956. The summed E-state index contributed by atoms with van der Waals surface area (Å²) in [6.45, 7) is 10.6. The van der Waals surface area contributed by atoms with Crippen molar-refractivity contribution in [1.82, 2.24) is 5.32 Å². The Hall–Kier alpha value is -0.710. The molecule has 2 N–H and O–H groups in total. The predicted octanol–water partition coefficient (Wildman–Crippen LogP) is 4.97. The van der Waals surface area contributed by atoms with Gasteiger partial charge in [0.25, 0.3) is 0 Å². The van der Waals surface area contributed by atoms with Crippen LogP contribution in [0.25, 0.3) is 0 Å². The second-order valence-corrected chi connectivity index (χ2v) is 9.07. The van der Waals surface area contributed by atoms with Crippen molar-refractivity contribution in [3.05, 3.63) is 0 Å². The number of aliphatic carboxylic acids is 1. The molecule has 0 aliphatic rings. The van der Waals surface area contributed by atoms with E-state index in [0.29, 0.717) is 11.7 Å². The number of rotatable bonds is 15. The second-order valence-electron chi connectivity index (χ2n) is 7.92. The molecule has 2 unspecified atom stereocenters. The smallest absolute Gasteiger partial charge is 0.327 e. The Morgan fingerprint density at radius 1 is 0.920 bits per heavy atom. The molecule has 0 saturated heterocycles. The van der Waals surface area contributed by atoms with Crippen LogP contribution in [-0.2, 0) is 9.59 Å². The molecule has 4 nitrogen and oxygen atoms in total. The Morgan fingerprint density at radius 2 is 1.44 bits per heavy atom. The molecule has 5 heteroatoms. The molecule has 1 amide bonds. The van der Waals surface area contributed by atoms with Gasteiger partial charge in [0.1, 0.15) is 6.04 Å². The Bertz CT molecular complexity index is 374. The van der Waals surface area contributed by atoms with Gasteiger partial charge in [0.05, 0.1) is 0 Å². The highest BCUT2D eigenvalue weighted by atomic mass is 32.2. The number of carboxylic acids is 1. The van der Waals surface area contributed by atoms with Crippen molar-refractivity contribution in [3.63, 3.8) is 0 Å². The maximum absolute atomic E-state index is 11.1. The average Bonchev–Trinajstić information content (AvgIpc) is 2.49. The van der Waals surface area contributed by atoms with Gasteiger partial charge in [-0.1, -0.05) is 66.2 Å². The molecule has 0 aromatic rings. The van der Waals surface area contributed by atoms with E-state index in [1.54, 1.807) is 11.8 Å². The van der Waals surface area contributed by atoms with Crippen LogP contribution in [0.3, 0.4) is 0 Å². The number of thioether (sulfide) groups is 1. The highest BCUT2D eigenvalue weighted by Crippen LogP contribution is 2.21. The van der Waals surface area contributed by atoms with Crippen molar-refractivity contribution in [3.8, 4) is 0 Å². The first-order valence-electron chi connectivity index (χ1n) is 9.80. The molecule has 148 valence electrons. The normalized spacial score (nSPS) is 15.0. The summed E-state index contributed by atoms with van der Waals surface area (Å²) in [5.41, 5.74) is 0. The summed E-state index contributed by atoms with van der Waals surface area (Å²) in [7, 11) is 0. The Morgan fingerprint density at radius 3 is 1.92 bits per heavy atom. The van der Waals surface area contributed by atoms with Crippen molar-refractivity contribution in [2.24, 2.45) is 17.8 Å². The van der Waals surface area contributed by atoms with Crippen molar-refractivity contribution in [2.45, 2.75) is 85.6 Å². The Kier molecular flexibility index (Phi) is 14.0. The van der Waals surface area contributed by atoms with Gasteiger partial charge in [0, 0.05) is 12.7 Å². The van der Waals surface area contributed by atoms with Gasteiger partial charge in [0.2, 0.25) is 5.91 Å². The number of hydrogen-bond acceptors (Lipinski definition) is 3. The number of hydrogen-bond donors (Lipinski definition) is 2. The average molecular weight is 374 g/mol. The molecular weight excluding hydrogens is 334 g/mol. The summed E-state index contributed by atoms with van der Waals surface area (Å²) in [6.07, 6.45) is 9.01. The minimum absolute atomic E-state index is 0.288. The minimum Gasteiger partial charge on any atom is -0.480 e. The molecule has 0 aliphatic carbocycles. The fourth-order valence-corrected chi connectivity index (χ4v) is 4.08. The zero-order chi connectivity index (χ0) is 19.2. The van der Waals surface area contributed by atoms with Crippen LogP contribution in [0.1, 0.15) is 79.6 Å². The number of carbonyl (C=O) groups is 2. The van der Waals surface area contributed by atoms with E-state index in [0.717, 1.165) is 24.0 Å². The van der Waals surface area contributed by atoms with Gasteiger partial charge in [0.15, 0.2) is 0 Å². The van der Waals surface area contributed by atoms with Crippen molar-refractivity contribution in [2.75, 3.05) is 11.5 Å². The molecule has 0 spiro atoms. The van der Waals surface area contributed by atoms with E-state index in [9.17, 15) is 9.59 Å². The lowest BCUT2D eigenvalue weighted by atomic mass is 9.93. The molecule has 0 rings (SSSR count). The lowest BCUT2D eigenvalue weighted by molar-refractivity contribution is -0.140. The monoisotopic (exact) mass is 373 g/mol. The maximum atomic E-state index is 11.1. The lowest BCUT2D eigenvalue weighted by Gasteiger charge is -2.16. The van der Waals surface area contributed by atoms with Gasteiger partial charge >= 0.3 is 5.97 Å². The van der Waals surface area contributed by atoms with Crippen LogP contribution in [0.4, 0.5) is 0 Å².